The largest absolute Gasteiger partial charge is 0.507 e. The highest BCUT2D eigenvalue weighted by molar-refractivity contribution is 6.46. The number of nitrogens with zero attached hydrogens (tertiary/aromatic N) is 2. The smallest absolute Gasteiger partial charge is 0.295 e. The monoisotopic (exact) mass is 440 g/mol. The summed E-state index contributed by atoms with van der Waals surface area (Å²) in [5, 5.41) is 11.1. The molecule has 0 bridgehead atoms. The zero-order valence-corrected chi connectivity index (χ0v) is 18.7. The lowest BCUT2D eigenvalue weighted by atomic mass is 9.95. The fraction of sp³-hybridized carbons (Fsp3) is 0.360. The molecular formula is C25H29FN2O4. The number of Topliss-reactive ketones (excluding diaryl/α,β-unsaturated/α-hetero) is 1. The quantitative estimate of drug-likeness (QED) is 0.363. The first-order valence-corrected chi connectivity index (χ1v) is 10.8. The molecule has 1 aliphatic heterocycles. The predicted molar refractivity (Wildman–Crippen MR) is 121 cm³/mol. The average molecular weight is 441 g/mol. The van der Waals surface area contributed by atoms with Gasteiger partial charge >= 0.3 is 0 Å². The minimum atomic E-state index is -1.00. The van der Waals surface area contributed by atoms with Crippen LogP contribution < -0.4 is 4.74 Å². The summed E-state index contributed by atoms with van der Waals surface area (Å²) in [5.41, 5.74) is 0.391. The number of likely N-dealkylation sites (tertiary alicyclic amines) is 1. The van der Waals surface area contributed by atoms with Gasteiger partial charge in [0.1, 0.15) is 17.3 Å². The van der Waals surface area contributed by atoms with Gasteiger partial charge in [-0.05, 0) is 44.3 Å². The van der Waals surface area contributed by atoms with Crippen LogP contribution in [-0.4, -0.2) is 59.9 Å². The number of hydrogen-bond acceptors (Lipinski definition) is 5. The molecule has 0 saturated carbocycles. The molecule has 2 aromatic carbocycles. The van der Waals surface area contributed by atoms with Crippen molar-refractivity contribution in [3.63, 3.8) is 0 Å². The van der Waals surface area contributed by atoms with Crippen LogP contribution in [0, 0.1) is 5.82 Å². The number of halogens is 1. The van der Waals surface area contributed by atoms with E-state index in [2.05, 4.69) is 18.7 Å². The molecule has 170 valence electrons. The Morgan fingerprint density at radius 2 is 1.84 bits per heavy atom. The Labute approximate surface area is 187 Å². The Balaban J connectivity index is 2.06. The second-order valence-electron chi connectivity index (χ2n) is 7.63. The van der Waals surface area contributed by atoms with Gasteiger partial charge in [-0.1, -0.05) is 44.2 Å². The molecular weight excluding hydrogens is 411 g/mol. The molecule has 1 fully saturated rings. The van der Waals surface area contributed by atoms with Crippen molar-refractivity contribution in [2.45, 2.75) is 26.3 Å². The zero-order valence-electron chi connectivity index (χ0n) is 18.7. The minimum absolute atomic E-state index is 0.115. The van der Waals surface area contributed by atoms with E-state index in [0.717, 1.165) is 19.6 Å². The van der Waals surface area contributed by atoms with Crippen LogP contribution in [0.25, 0.3) is 5.76 Å². The molecule has 1 heterocycles. The molecule has 6 nitrogen and oxygen atoms in total. The Kier molecular flexibility index (Phi) is 7.64. The van der Waals surface area contributed by atoms with Crippen LogP contribution in [0.1, 0.15) is 37.4 Å². The number of benzene rings is 2. The first-order valence-electron chi connectivity index (χ1n) is 10.8. The molecule has 7 heteroatoms. The summed E-state index contributed by atoms with van der Waals surface area (Å²) in [6, 6.07) is 11.6. The molecule has 1 N–H and O–H groups in total. The highest BCUT2D eigenvalue weighted by Gasteiger charge is 2.46. The first-order chi connectivity index (χ1) is 15.4. The number of ketones is 1. The summed E-state index contributed by atoms with van der Waals surface area (Å²) >= 11 is 0. The molecule has 0 unspecified atom stereocenters. The van der Waals surface area contributed by atoms with Crippen molar-refractivity contribution in [1.29, 1.82) is 0 Å². The lowest BCUT2D eigenvalue weighted by Gasteiger charge is -2.27. The van der Waals surface area contributed by atoms with Crippen molar-refractivity contribution < 1.29 is 23.8 Å². The molecule has 2 aromatic rings. The van der Waals surface area contributed by atoms with E-state index in [9.17, 15) is 19.1 Å². The fourth-order valence-corrected chi connectivity index (χ4v) is 4.06. The van der Waals surface area contributed by atoms with Gasteiger partial charge in [0, 0.05) is 17.7 Å². The standard InChI is InChI=1S/C25H29FN2O4/c1-4-27(5-2)14-9-15-28-22(19-12-6-7-13-20(19)26)21(24(30)25(28)31)23(29)17-10-8-11-18(16-17)32-3/h6-8,10-13,16,22,29H,4-5,9,14-15H2,1-3H3/t22-/m1/s1. The summed E-state index contributed by atoms with van der Waals surface area (Å²) in [4.78, 5) is 29.6. The molecule has 32 heavy (non-hydrogen) atoms. The van der Waals surface area contributed by atoms with Crippen LogP contribution in [0.15, 0.2) is 54.1 Å². The van der Waals surface area contributed by atoms with E-state index in [1.54, 1.807) is 42.5 Å². The number of hydrogen-bond donors (Lipinski definition) is 1. The van der Waals surface area contributed by atoms with Crippen molar-refractivity contribution in [2.75, 3.05) is 33.3 Å². The molecule has 0 aromatic heterocycles. The Bertz CT molecular complexity index is 1020. The highest BCUT2D eigenvalue weighted by atomic mass is 19.1. The number of aliphatic hydroxyl groups excluding tert-OH is 1. The van der Waals surface area contributed by atoms with E-state index >= 15 is 0 Å². The Hall–Kier alpha value is -3.19. The van der Waals surface area contributed by atoms with E-state index in [-0.39, 0.29) is 23.4 Å². The number of aliphatic hydroxyl groups is 1. The Morgan fingerprint density at radius 1 is 1.12 bits per heavy atom. The topological polar surface area (TPSA) is 70.1 Å². The molecule has 3 rings (SSSR count). The van der Waals surface area contributed by atoms with Gasteiger partial charge < -0.3 is 19.6 Å². The van der Waals surface area contributed by atoms with E-state index in [1.807, 2.05) is 0 Å². The van der Waals surface area contributed by atoms with Crippen LogP contribution in [0.5, 0.6) is 5.75 Å². The van der Waals surface area contributed by atoms with Gasteiger partial charge in [0.15, 0.2) is 0 Å². The van der Waals surface area contributed by atoms with Gasteiger partial charge in [0.25, 0.3) is 11.7 Å². The minimum Gasteiger partial charge on any atom is -0.507 e. The van der Waals surface area contributed by atoms with Crippen LogP contribution in [-0.2, 0) is 9.59 Å². The molecule has 1 aliphatic rings. The third-order valence-electron chi connectivity index (χ3n) is 5.85. The van der Waals surface area contributed by atoms with Crippen molar-refractivity contribution in [2.24, 2.45) is 0 Å². The predicted octanol–water partition coefficient (Wildman–Crippen LogP) is 3.99. The molecule has 0 radical (unpaired) electrons. The summed E-state index contributed by atoms with van der Waals surface area (Å²) in [6.07, 6.45) is 0.624. The number of methoxy groups -OCH3 is 1. The molecule has 1 saturated heterocycles. The second kappa shape index (κ2) is 10.4. The third kappa shape index (κ3) is 4.67. The maximum Gasteiger partial charge on any atom is 0.295 e. The van der Waals surface area contributed by atoms with Gasteiger partial charge in [0.2, 0.25) is 0 Å². The van der Waals surface area contributed by atoms with E-state index in [1.165, 1.54) is 18.1 Å². The van der Waals surface area contributed by atoms with Crippen molar-refractivity contribution in [3.8, 4) is 5.75 Å². The highest BCUT2D eigenvalue weighted by Crippen LogP contribution is 2.40. The third-order valence-corrected chi connectivity index (χ3v) is 5.85. The van der Waals surface area contributed by atoms with Gasteiger partial charge in [-0.25, -0.2) is 4.39 Å². The number of rotatable bonds is 9. The number of carbonyl (C=O) groups excluding carboxylic acids is 2. The molecule has 1 amide bonds. The van der Waals surface area contributed by atoms with Crippen molar-refractivity contribution in [1.82, 2.24) is 9.80 Å². The number of amides is 1. The van der Waals surface area contributed by atoms with Gasteiger partial charge in [-0.3, -0.25) is 9.59 Å². The summed E-state index contributed by atoms with van der Waals surface area (Å²) < 4.78 is 20.0. The molecule has 1 atom stereocenters. The lowest BCUT2D eigenvalue weighted by Crippen LogP contribution is -2.33. The van der Waals surface area contributed by atoms with E-state index in [4.69, 9.17) is 4.74 Å². The van der Waals surface area contributed by atoms with Crippen LogP contribution >= 0.6 is 0 Å². The van der Waals surface area contributed by atoms with Crippen molar-refractivity contribution >= 4 is 17.4 Å². The number of carbonyl (C=O) groups is 2. The molecule has 0 spiro atoms. The van der Waals surface area contributed by atoms with Crippen molar-refractivity contribution in [3.05, 3.63) is 71.0 Å². The van der Waals surface area contributed by atoms with Gasteiger partial charge in [0.05, 0.1) is 18.7 Å². The SMILES string of the molecule is CCN(CC)CCCN1C(=O)C(=O)C(=C(O)c2cccc(OC)c2)[C@H]1c1ccccc1F. The number of ether oxygens (including phenoxy) is 1. The average Bonchev–Trinajstić information content (AvgIpc) is 3.06. The summed E-state index contributed by atoms with van der Waals surface area (Å²) in [6.45, 7) is 6.89. The lowest BCUT2D eigenvalue weighted by molar-refractivity contribution is -0.140. The fourth-order valence-electron chi connectivity index (χ4n) is 4.06. The van der Waals surface area contributed by atoms with Crippen LogP contribution in [0.4, 0.5) is 4.39 Å². The van der Waals surface area contributed by atoms with E-state index in [0.29, 0.717) is 17.7 Å². The molecule has 0 aliphatic carbocycles. The normalized spacial score (nSPS) is 17.9. The Morgan fingerprint density at radius 3 is 2.50 bits per heavy atom. The van der Waals surface area contributed by atoms with Gasteiger partial charge in [-0.15, -0.1) is 0 Å². The summed E-state index contributed by atoms with van der Waals surface area (Å²) in [7, 11) is 1.49. The second-order valence-corrected chi connectivity index (χ2v) is 7.63. The summed E-state index contributed by atoms with van der Waals surface area (Å²) in [5.74, 6) is -1.94. The van der Waals surface area contributed by atoms with Crippen LogP contribution in [0.3, 0.4) is 0 Å². The van der Waals surface area contributed by atoms with E-state index < -0.39 is 23.5 Å². The first kappa shape index (κ1) is 23.5. The maximum absolute atomic E-state index is 14.8. The van der Waals surface area contributed by atoms with Crippen LogP contribution in [0.2, 0.25) is 0 Å². The zero-order chi connectivity index (χ0) is 23.3. The van der Waals surface area contributed by atoms with Gasteiger partial charge in [-0.2, -0.15) is 0 Å². The maximum atomic E-state index is 14.8.